The highest BCUT2D eigenvalue weighted by Gasteiger charge is 2.27. The SMILES string of the molecule is O=C(NCc1ncc[nH]1)c1ccc([C@H]2CCCN2CCCn2cccn2)s1. The largest absolute Gasteiger partial charge is 0.347 e. The molecule has 1 aliphatic heterocycles. The lowest BCUT2D eigenvalue weighted by molar-refractivity contribution is 0.0954. The maximum atomic E-state index is 12.4. The minimum Gasteiger partial charge on any atom is -0.347 e. The topological polar surface area (TPSA) is 78.8 Å². The number of aromatic nitrogens is 4. The number of nitrogens with one attached hydrogen (secondary N) is 2. The van der Waals surface area contributed by atoms with Gasteiger partial charge in [0, 0.05) is 48.8 Å². The zero-order chi connectivity index (χ0) is 18.5. The molecule has 4 rings (SSSR count). The first-order valence-electron chi connectivity index (χ1n) is 9.37. The summed E-state index contributed by atoms with van der Waals surface area (Å²) in [4.78, 5) is 24.1. The lowest BCUT2D eigenvalue weighted by Gasteiger charge is -2.23. The predicted octanol–water partition coefficient (Wildman–Crippen LogP) is 2.82. The van der Waals surface area contributed by atoms with E-state index in [0.717, 1.165) is 43.2 Å². The van der Waals surface area contributed by atoms with Crippen molar-refractivity contribution in [2.24, 2.45) is 0 Å². The van der Waals surface area contributed by atoms with Crippen LogP contribution in [-0.2, 0) is 13.1 Å². The van der Waals surface area contributed by atoms with E-state index in [1.165, 1.54) is 11.3 Å². The van der Waals surface area contributed by atoms with E-state index in [9.17, 15) is 4.79 Å². The van der Waals surface area contributed by atoms with Gasteiger partial charge in [-0.3, -0.25) is 14.4 Å². The first-order chi connectivity index (χ1) is 13.3. The molecular weight excluding hydrogens is 360 g/mol. The number of aryl methyl sites for hydroxylation is 1. The molecule has 1 aliphatic rings. The van der Waals surface area contributed by atoms with Crippen LogP contribution in [0.15, 0.2) is 43.0 Å². The van der Waals surface area contributed by atoms with E-state index >= 15 is 0 Å². The van der Waals surface area contributed by atoms with Gasteiger partial charge < -0.3 is 10.3 Å². The van der Waals surface area contributed by atoms with Crippen LogP contribution in [0.2, 0.25) is 0 Å². The molecule has 1 atom stereocenters. The Morgan fingerprint density at radius 3 is 3.11 bits per heavy atom. The average Bonchev–Trinajstić information content (AvgIpc) is 3.48. The fourth-order valence-corrected chi connectivity index (χ4v) is 4.68. The van der Waals surface area contributed by atoms with Crippen LogP contribution < -0.4 is 5.32 Å². The van der Waals surface area contributed by atoms with Gasteiger partial charge in [-0.2, -0.15) is 5.10 Å². The number of imidazole rings is 1. The van der Waals surface area contributed by atoms with Crippen molar-refractivity contribution >= 4 is 17.2 Å². The summed E-state index contributed by atoms with van der Waals surface area (Å²) in [5, 5.41) is 7.19. The Hall–Kier alpha value is -2.45. The Labute approximate surface area is 162 Å². The van der Waals surface area contributed by atoms with Gasteiger partial charge in [0.25, 0.3) is 5.91 Å². The van der Waals surface area contributed by atoms with Crippen molar-refractivity contribution in [1.29, 1.82) is 0 Å². The number of hydrogen-bond donors (Lipinski definition) is 2. The van der Waals surface area contributed by atoms with Gasteiger partial charge in [0.1, 0.15) is 5.82 Å². The maximum absolute atomic E-state index is 12.4. The Kier molecular flexibility index (Phi) is 5.64. The van der Waals surface area contributed by atoms with Gasteiger partial charge in [-0.25, -0.2) is 4.98 Å². The van der Waals surface area contributed by atoms with Crippen LogP contribution in [-0.4, -0.2) is 43.6 Å². The second kappa shape index (κ2) is 8.49. The molecule has 4 heterocycles. The van der Waals surface area contributed by atoms with Gasteiger partial charge in [-0.1, -0.05) is 0 Å². The van der Waals surface area contributed by atoms with Crippen molar-refractivity contribution in [1.82, 2.24) is 30.0 Å². The Balaban J connectivity index is 1.31. The molecule has 2 N–H and O–H groups in total. The van der Waals surface area contributed by atoms with E-state index in [0.29, 0.717) is 12.6 Å². The third-order valence-electron chi connectivity index (χ3n) is 4.91. The summed E-state index contributed by atoms with van der Waals surface area (Å²) in [6.07, 6.45) is 10.7. The summed E-state index contributed by atoms with van der Waals surface area (Å²) >= 11 is 1.61. The Morgan fingerprint density at radius 1 is 1.33 bits per heavy atom. The summed E-state index contributed by atoms with van der Waals surface area (Å²) in [7, 11) is 0. The molecule has 7 nitrogen and oxygen atoms in total. The first-order valence-corrected chi connectivity index (χ1v) is 10.2. The molecule has 8 heteroatoms. The van der Waals surface area contributed by atoms with Crippen LogP contribution in [0.3, 0.4) is 0 Å². The van der Waals surface area contributed by atoms with Crippen molar-refractivity contribution < 1.29 is 4.79 Å². The first kappa shape index (κ1) is 17.9. The summed E-state index contributed by atoms with van der Waals surface area (Å²) in [5.74, 6) is 0.727. The number of hydrogen-bond acceptors (Lipinski definition) is 5. The van der Waals surface area contributed by atoms with Crippen molar-refractivity contribution in [3.8, 4) is 0 Å². The minimum absolute atomic E-state index is 0.0362. The van der Waals surface area contributed by atoms with Gasteiger partial charge in [-0.15, -0.1) is 11.3 Å². The number of amides is 1. The molecule has 1 fully saturated rings. The minimum atomic E-state index is -0.0362. The molecule has 3 aromatic heterocycles. The number of nitrogens with zero attached hydrogens (tertiary/aromatic N) is 4. The van der Waals surface area contributed by atoms with Crippen molar-refractivity contribution in [2.45, 2.75) is 38.4 Å². The second-order valence-electron chi connectivity index (χ2n) is 6.74. The molecule has 0 radical (unpaired) electrons. The average molecular weight is 385 g/mol. The number of aromatic amines is 1. The van der Waals surface area contributed by atoms with E-state index in [4.69, 9.17) is 0 Å². The third kappa shape index (κ3) is 4.45. The van der Waals surface area contributed by atoms with Crippen LogP contribution in [0, 0.1) is 0 Å². The van der Waals surface area contributed by atoms with Crippen LogP contribution in [0.25, 0.3) is 0 Å². The van der Waals surface area contributed by atoms with Gasteiger partial charge in [0.15, 0.2) is 0 Å². The molecule has 0 bridgehead atoms. The van der Waals surface area contributed by atoms with Gasteiger partial charge in [-0.05, 0) is 44.0 Å². The highest BCUT2D eigenvalue weighted by molar-refractivity contribution is 7.14. The summed E-state index contributed by atoms with van der Waals surface area (Å²) < 4.78 is 1.98. The summed E-state index contributed by atoms with van der Waals surface area (Å²) in [6, 6.07) is 6.45. The molecular formula is C19H24N6OS. The van der Waals surface area contributed by atoms with Crippen LogP contribution in [0.1, 0.15) is 45.7 Å². The smallest absolute Gasteiger partial charge is 0.261 e. The standard InChI is InChI=1S/C19H24N6OS/c26-19(22-14-18-20-8-9-21-18)17-6-5-16(27-17)15-4-1-10-24(15)11-3-13-25-12-2-7-23-25/h2,5-9,12,15H,1,3-4,10-11,13-14H2,(H,20,21)(H,22,26)/t15-/m1/s1. The maximum Gasteiger partial charge on any atom is 0.261 e. The van der Waals surface area contributed by atoms with E-state index in [1.54, 1.807) is 23.7 Å². The number of thiophene rings is 1. The molecule has 0 aliphatic carbocycles. The lowest BCUT2D eigenvalue weighted by atomic mass is 10.2. The molecule has 142 valence electrons. The number of carbonyl (C=O) groups is 1. The van der Waals surface area contributed by atoms with Gasteiger partial charge in [0.05, 0.1) is 11.4 Å². The number of rotatable bonds is 8. The normalized spacial score (nSPS) is 17.4. The number of carbonyl (C=O) groups excluding carboxylic acids is 1. The highest BCUT2D eigenvalue weighted by Crippen LogP contribution is 2.35. The zero-order valence-corrected chi connectivity index (χ0v) is 16.0. The van der Waals surface area contributed by atoms with Crippen LogP contribution >= 0.6 is 11.3 Å². The third-order valence-corrected chi connectivity index (χ3v) is 6.09. The second-order valence-corrected chi connectivity index (χ2v) is 7.85. The van der Waals surface area contributed by atoms with Gasteiger partial charge >= 0.3 is 0 Å². The van der Waals surface area contributed by atoms with Crippen LogP contribution in [0.4, 0.5) is 0 Å². The molecule has 0 saturated carbocycles. The predicted molar refractivity (Wildman–Crippen MR) is 104 cm³/mol. The number of H-pyrrole nitrogens is 1. The fraction of sp³-hybridized carbons (Fsp3) is 0.421. The monoisotopic (exact) mass is 384 g/mol. The van der Waals surface area contributed by atoms with E-state index < -0.39 is 0 Å². The molecule has 1 saturated heterocycles. The van der Waals surface area contributed by atoms with Crippen molar-refractivity contribution in [3.63, 3.8) is 0 Å². The van der Waals surface area contributed by atoms with Crippen molar-refractivity contribution in [3.05, 3.63) is 58.6 Å². The molecule has 3 aromatic rings. The Bertz CT molecular complexity index is 842. The molecule has 27 heavy (non-hydrogen) atoms. The van der Waals surface area contributed by atoms with E-state index in [-0.39, 0.29) is 5.91 Å². The zero-order valence-electron chi connectivity index (χ0n) is 15.2. The molecule has 0 spiro atoms. The van der Waals surface area contributed by atoms with E-state index in [2.05, 4.69) is 31.3 Å². The molecule has 0 unspecified atom stereocenters. The molecule has 1 amide bonds. The highest BCUT2D eigenvalue weighted by atomic mass is 32.1. The summed E-state index contributed by atoms with van der Waals surface area (Å²) in [6.45, 7) is 3.55. The fourth-order valence-electron chi connectivity index (χ4n) is 3.58. The Morgan fingerprint density at radius 2 is 2.30 bits per heavy atom. The summed E-state index contributed by atoms with van der Waals surface area (Å²) in [5.41, 5.74) is 0. The van der Waals surface area contributed by atoms with Gasteiger partial charge in [0.2, 0.25) is 0 Å². The number of likely N-dealkylation sites (tertiary alicyclic amines) is 1. The van der Waals surface area contributed by atoms with Crippen LogP contribution in [0.5, 0.6) is 0 Å². The quantitative estimate of drug-likeness (QED) is 0.626. The van der Waals surface area contributed by atoms with E-state index in [1.807, 2.05) is 29.2 Å². The molecule has 0 aromatic carbocycles. The lowest BCUT2D eigenvalue weighted by Crippen LogP contribution is -2.25. The van der Waals surface area contributed by atoms with Crippen molar-refractivity contribution in [2.75, 3.05) is 13.1 Å².